The molecule has 0 saturated carbocycles. The molecular formula is C17H34N2O3. The van der Waals surface area contributed by atoms with Gasteiger partial charge in [0.1, 0.15) is 0 Å². The second kappa shape index (κ2) is 13.6. The maximum Gasteiger partial charge on any atom is 0.222 e. The molecule has 0 fully saturated rings. The minimum Gasteiger partial charge on any atom is -0.381 e. The van der Waals surface area contributed by atoms with Crippen LogP contribution in [0.25, 0.3) is 0 Å². The molecule has 0 rings (SSSR count). The first-order valence-corrected chi connectivity index (χ1v) is 8.59. The number of carbonyl (C=O) groups is 2. The van der Waals surface area contributed by atoms with Crippen molar-refractivity contribution in [1.29, 1.82) is 0 Å². The third-order valence-corrected chi connectivity index (χ3v) is 3.34. The summed E-state index contributed by atoms with van der Waals surface area (Å²) in [5, 5.41) is 5.84. The molecule has 2 amide bonds. The van der Waals surface area contributed by atoms with E-state index >= 15 is 0 Å². The summed E-state index contributed by atoms with van der Waals surface area (Å²) < 4.78 is 5.27. The molecule has 0 saturated heterocycles. The van der Waals surface area contributed by atoms with E-state index < -0.39 is 0 Å². The van der Waals surface area contributed by atoms with Gasteiger partial charge in [0.2, 0.25) is 11.8 Å². The van der Waals surface area contributed by atoms with Gasteiger partial charge in [-0.25, -0.2) is 0 Å². The van der Waals surface area contributed by atoms with E-state index in [2.05, 4.69) is 24.5 Å². The molecule has 5 nitrogen and oxygen atoms in total. The lowest BCUT2D eigenvalue weighted by Crippen LogP contribution is -2.32. The first kappa shape index (κ1) is 20.9. The molecule has 0 unspecified atom stereocenters. The van der Waals surface area contributed by atoms with Crippen LogP contribution in [0.3, 0.4) is 0 Å². The van der Waals surface area contributed by atoms with Crippen molar-refractivity contribution in [3.8, 4) is 0 Å². The van der Waals surface area contributed by atoms with Crippen molar-refractivity contribution in [1.82, 2.24) is 10.6 Å². The molecule has 5 heteroatoms. The zero-order valence-corrected chi connectivity index (χ0v) is 14.7. The van der Waals surface area contributed by atoms with E-state index in [9.17, 15) is 9.59 Å². The number of amides is 2. The van der Waals surface area contributed by atoms with Gasteiger partial charge in [0, 0.05) is 32.0 Å². The Kier molecular flexibility index (Phi) is 12.9. The third kappa shape index (κ3) is 12.6. The Labute approximate surface area is 135 Å². The summed E-state index contributed by atoms with van der Waals surface area (Å²) in [6, 6.07) is 0. The number of rotatable bonds is 13. The number of unbranched alkanes of at least 4 members (excludes halogenated alkanes) is 1. The summed E-state index contributed by atoms with van der Waals surface area (Å²) in [5.41, 5.74) is 0. The van der Waals surface area contributed by atoms with Crippen LogP contribution in [0.5, 0.6) is 0 Å². The molecule has 0 aliphatic rings. The van der Waals surface area contributed by atoms with Gasteiger partial charge in [0.15, 0.2) is 0 Å². The van der Waals surface area contributed by atoms with Crippen LogP contribution in [0, 0.1) is 11.8 Å². The van der Waals surface area contributed by atoms with Crippen molar-refractivity contribution in [2.24, 2.45) is 11.8 Å². The average molecular weight is 314 g/mol. The van der Waals surface area contributed by atoms with Crippen molar-refractivity contribution >= 4 is 11.8 Å². The average Bonchev–Trinajstić information content (AvgIpc) is 2.48. The van der Waals surface area contributed by atoms with Gasteiger partial charge in [-0.3, -0.25) is 9.59 Å². The Hall–Kier alpha value is -1.10. The molecule has 2 N–H and O–H groups in total. The van der Waals surface area contributed by atoms with Crippen molar-refractivity contribution in [2.75, 3.05) is 26.3 Å². The Balaban J connectivity index is 3.51. The Bertz CT molecular complexity index is 306. The highest BCUT2D eigenvalue weighted by molar-refractivity contribution is 5.78. The van der Waals surface area contributed by atoms with Gasteiger partial charge in [-0.1, -0.05) is 34.1 Å². The highest BCUT2D eigenvalue weighted by Crippen LogP contribution is 2.07. The number of hydrogen-bond acceptors (Lipinski definition) is 3. The van der Waals surface area contributed by atoms with Crippen molar-refractivity contribution in [3.63, 3.8) is 0 Å². The van der Waals surface area contributed by atoms with Crippen molar-refractivity contribution in [2.45, 2.75) is 59.8 Å². The second-order valence-corrected chi connectivity index (χ2v) is 6.25. The fraction of sp³-hybridized carbons (Fsp3) is 0.882. The summed E-state index contributed by atoms with van der Waals surface area (Å²) in [7, 11) is 0. The van der Waals surface area contributed by atoms with Crippen LogP contribution in [-0.2, 0) is 14.3 Å². The number of nitrogens with one attached hydrogen (secondary N) is 2. The van der Waals surface area contributed by atoms with E-state index in [-0.39, 0.29) is 17.7 Å². The molecule has 0 aromatic rings. The second-order valence-electron chi connectivity index (χ2n) is 6.25. The fourth-order valence-corrected chi connectivity index (χ4v) is 1.91. The van der Waals surface area contributed by atoms with Crippen molar-refractivity contribution < 1.29 is 14.3 Å². The zero-order chi connectivity index (χ0) is 16.8. The largest absolute Gasteiger partial charge is 0.381 e. The first-order chi connectivity index (χ1) is 10.5. The number of ether oxygens (including phenoxy) is 1. The maximum atomic E-state index is 11.8. The Morgan fingerprint density at radius 1 is 1.05 bits per heavy atom. The monoisotopic (exact) mass is 314 g/mol. The minimum atomic E-state index is 0.0388. The molecule has 1 atom stereocenters. The topological polar surface area (TPSA) is 67.4 Å². The summed E-state index contributed by atoms with van der Waals surface area (Å²) in [5.74, 6) is 0.689. The zero-order valence-electron chi connectivity index (χ0n) is 14.7. The lowest BCUT2D eigenvalue weighted by molar-refractivity contribution is -0.125. The number of carbonyl (C=O) groups excluding carboxylic acids is 2. The summed E-state index contributed by atoms with van der Waals surface area (Å²) in [6.45, 7) is 10.8. The Morgan fingerprint density at radius 2 is 1.77 bits per heavy atom. The summed E-state index contributed by atoms with van der Waals surface area (Å²) >= 11 is 0. The van der Waals surface area contributed by atoms with E-state index in [4.69, 9.17) is 4.74 Å². The van der Waals surface area contributed by atoms with Gasteiger partial charge < -0.3 is 15.4 Å². The van der Waals surface area contributed by atoms with Crippen molar-refractivity contribution in [3.05, 3.63) is 0 Å². The highest BCUT2D eigenvalue weighted by Gasteiger charge is 2.12. The molecule has 130 valence electrons. The third-order valence-electron chi connectivity index (χ3n) is 3.34. The van der Waals surface area contributed by atoms with E-state index in [0.717, 1.165) is 32.2 Å². The first-order valence-electron chi connectivity index (χ1n) is 8.59. The summed E-state index contributed by atoms with van der Waals surface area (Å²) in [6.07, 6.45) is 4.12. The van der Waals surface area contributed by atoms with Crippen LogP contribution in [0.4, 0.5) is 0 Å². The predicted octanol–water partition coefficient (Wildman–Crippen LogP) is 2.50. The Morgan fingerprint density at radius 3 is 2.41 bits per heavy atom. The molecule has 0 radical (unpaired) electrons. The van der Waals surface area contributed by atoms with Gasteiger partial charge in [0.05, 0.1) is 6.61 Å². The van der Waals surface area contributed by atoms with Crippen LogP contribution in [0.1, 0.15) is 59.8 Å². The lowest BCUT2D eigenvalue weighted by Gasteiger charge is -2.13. The normalized spacial score (nSPS) is 12.2. The molecule has 22 heavy (non-hydrogen) atoms. The molecule has 0 aliphatic carbocycles. The highest BCUT2D eigenvalue weighted by atomic mass is 16.5. The maximum absolute atomic E-state index is 11.8. The molecule has 0 spiro atoms. The molecule has 0 aromatic heterocycles. The van der Waals surface area contributed by atoms with Crippen LogP contribution < -0.4 is 10.6 Å². The number of hydrogen-bond donors (Lipinski definition) is 2. The molecule has 0 bridgehead atoms. The van der Waals surface area contributed by atoms with Gasteiger partial charge in [-0.2, -0.15) is 0 Å². The SMILES string of the molecule is CCCOCCC(=O)NCCCC[C@H](C)C(=O)NCC(C)C. The van der Waals surface area contributed by atoms with Crippen LogP contribution in [0.2, 0.25) is 0 Å². The standard InChI is InChI=1S/C17H34N2O3/c1-5-11-22-12-9-16(20)18-10-7-6-8-15(4)17(21)19-13-14(2)3/h14-15H,5-13H2,1-4H3,(H,18,20)(H,19,21)/t15-/m0/s1. The van der Waals surface area contributed by atoms with E-state index in [1.165, 1.54) is 0 Å². The smallest absolute Gasteiger partial charge is 0.222 e. The molecule has 0 heterocycles. The van der Waals surface area contributed by atoms with E-state index in [0.29, 0.717) is 32.1 Å². The summed E-state index contributed by atoms with van der Waals surface area (Å²) in [4.78, 5) is 23.3. The molecular weight excluding hydrogens is 280 g/mol. The van der Waals surface area contributed by atoms with Crippen LogP contribution >= 0.6 is 0 Å². The fourth-order valence-electron chi connectivity index (χ4n) is 1.91. The predicted molar refractivity (Wildman–Crippen MR) is 89.6 cm³/mol. The van der Waals surface area contributed by atoms with Gasteiger partial charge in [-0.05, 0) is 25.2 Å². The van der Waals surface area contributed by atoms with Gasteiger partial charge >= 0.3 is 0 Å². The van der Waals surface area contributed by atoms with E-state index in [1.807, 2.05) is 13.8 Å². The van der Waals surface area contributed by atoms with Crippen LogP contribution in [0.15, 0.2) is 0 Å². The molecule has 0 aliphatic heterocycles. The lowest BCUT2D eigenvalue weighted by atomic mass is 10.0. The quantitative estimate of drug-likeness (QED) is 0.513. The van der Waals surface area contributed by atoms with Gasteiger partial charge in [-0.15, -0.1) is 0 Å². The molecule has 0 aromatic carbocycles. The van der Waals surface area contributed by atoms with Gasteiger partial charge in [0.25, 0.3) is 0 Å². The minimum absolute atomic E-state index is 0.0388. The van der Waals surface area contributed by atoms with Crippen LogP contribution in [-0.4, -0.2) is 38.1 Å². The van der Waals surface area contributed by atoms with E-state index in [1.54, 1.807) is 0 Å².